The molecule has 1 aliphatic heterocycles. The van der Waals surface area contributed by atoms with Crippen molar-refractivity contribution in [3.63, 3.8) is 0 Å². The molecule has 14 heavy (non-hydrogen) atoms. The first-order valence-corrected chi connectivity index (χ1v) is 5.50. The first-order chi connectivity index (χ1) is 6.37. The largest absolute Gasteiger partial charge is 0.389 e. The Morgan fingerprint density at radius 1 is 1.29 bits per heavy atom. The highest BCUT2D eigenvalue weighted by molar-refractivity contribution is 7.11. The maximum absolute atomic E-state index is 9.04. The first kappa shape index (κ1) is 10.1. The normalized spacial score (nSPS) is 22.4. The van der Waals surface area contributed by atoms with E-state index < -0.39 is 0 Å². The summed E-state index contributed by atoms with van der Waals surface area (Å²) in [5.41, 5.74) is 0.378. The van der Waals surface area contributed by atoms with Crippen molar-refractivity contribution in [2.45, 2.75) is 45.5 Å². The molecule has 0 fully saturated rings. The maximum Gasteiger partial charge on any atom is 0.119 e. The molecule has 2 rings (SSSR count). The summed E-state index contributed by atoms with van der Waals surface area (Å²) >= 11 is 1.55. The second-order valence-corrected chi connectivity index (χ2v) is 5.65. The van der Waals surface area contributed by atoms with Crippen molar-refractivity contribution in [2.75, 3.05) is 0 Å². The molecular formula is C10H15NO2S. The van der Waals surface area contributed by atoms with E-state index >= 15 is 0 Å². The van der Waals surface area contributed by atoms with Gasteiger partial charge < -0.3 is 9.84 Å². The molecule has 4 heteroatoms. The molecule has 0 aromatic carbocycles. The molecule has 78 valence electrons. The van der Waals surface area contributed by atoms with Crippen LogP contribution in [0.1, 0.15) is 43.3 Å². The molecule has 1 aromatic rings. The van der Waals surface area contributed by atoms with Crippen LogP contribution in [0.3, 0.4) is 0 Å². The second kappa shape index (κ2) is 2.78. The number of aliphatic hydroxyl groups excluding tert-OH is 1. The number of aromatic nitrogens is 1. The van der Waals surface area contributed by atoms with E-state index in [0.717, 1.165) is 15.6 Å². The minimum atomic E-state index is -0.331. The summed E-state index contributed by atoms with van der Waals surface area (Å²) in [6, 6.07) is 0. The molecule has 3 nitrogen and oxygen atoms in total. The zero-order valence-electron chi connectivity index (χ0n) is 8.92. The summed E-state index contributed by atoms with van der Waals surface area (Å²) in [4.78, 5) is 5.55. The standard InChI is InChI=1S/C10H15NO2S/c1-9(2)7-8(10(3,4)13-9)14-6(5-12)11-7/h12H,5H2,1-4H3. The number of ether oxygens (including phenoxy) is 1. The van der Waals surface area contributed by atoms with Gasteiger partial charge in [-0.2, -0.15) is 0 Å². The highest BCUT2D eigenvalue weighted by Crippen LogP contribution is 2.48. The van der Waals surface area contributed by atoms with Crippen LogP contribution in [0.25, 0.3) is 0 Å². The lowest BCUT2D eigenvalue weighted by Gasteiger charge is -2.24. The number of thiazole rings is 1. The van der Waals surface area contributed by atoms with Gasteiger partial charge in [-0.1, -0.05) is 0 Å². The van der Waals surface area contributed by atoms with Gasteiger partial charge in [-0.25, -0.2) is 4.98 Å². The number of aliphatic hydroxyl groups is 1. The summed E-state index contributed by atoms with van der Waals surface area (Å²) in [5.74, 6) is 0. The molecule has 0 unspecified atom stereocenters. The summed E-state index contributed by atoms with van der Waals surface area (Å²) in [6.45, 7) is 8.13. The zero-order chi connectivity index (χ0) is 10.6. The molecule has 0 saturated carbocycles. The van der Waals surface area contributed by atoms with Gasteiger partial charge in [0.05, 0.1) is 22.8 Å². The number of hydrogen-bond acceptors (Lipinski definition) is 4. The third-order valence-corrected chi connectivity index (χ3v) is 3.78. The van der Waals surface area contributed by atoms with Crippen LogP contribution in [0.15, 0.2) is 0 Å². The molecular weight excluding hydrogens is 198 g/mol. The Kier molecular flexibility index (Phi) is 2.00. The van der Waals surface area contributed by atoms with Crippen LogP contribution in [0.2, 0.25) is 0 Å². The Morgan fingerprint density at radius 2 is 1.93 bits per heavy atom. The van der Waals surface area contributed by atoms with E-state index in [0.29, 0.717) is 0 Å². The average Bonchev–Trinajstić information content (AvgIpc) is 2.51. The Hall–Kier alpha value is -0.450. The minimum absolute atomic E-state index is 0.0177. The van der Waals surface area contributed by atoms with E-state index in [2.05, 4.69) is 4.98 Å². The molecule has 0 radical (unpaired) electrons. The van der Waals surface area contributed by atoms with Gasteiger partial charge in [0.25, 0.3) is 0 Å². The van der Waals surface area contributed by atoms with E-state index in [9.17, 15) is 0 Å². The van der Waals surface area contributed by atoms with Gasteiger partial charge in [-0.05, 0) is 27.7 Å². The van der Waals surface area contributed by atoms with E-state index in [-0.39, 0.29) is 17.8 Å². The van der Waals surface area contributed by atoms with E-state index in [1.165, 1.54) is 0 Å². The Morgan fingerprint density at radius 3 is 2.43 bits per heavy atom. The van der Waals surface area contributed by atoms with Crippen LogP contribution in [0.4, 0.5) is 0 Å². The van der Waals surface area contributed by atoms with Gasteiger partial charge in [0, 0.05) is 0 Å². The highest BCUT2D eigenvalue weighted by atomic mass is 32.1. The van der Waals surface area contributed by atoms with Crippen molar-refractivity contribution < 1.29 is 9.84 Å². The number of rotatable bonds is 1. The minimum Gasteiger partial charge on any atom is -0.389 e. The molecule has 0 amide bonds. The first-order valence-electron chi connectivity index (χ1n) is 4.68. The van der Waals surface area contributed by atoms with Gasteiger partial charge in [0.2, 0.25) is 0 Å². The van der Waals surface area contributed by atoms with Crippen molar-refractivity contribution in [1.29, 1.82) is 0 Å². The van der Waals surface area contributed by atoms with Gasteiger partial charge in [0.15, 0.2) is 0 Å². The summed E-state index contributed by atoms with van der Waals surface area (Å²) < 4.78 is 5.91. The predicted molar refractivity (Wildman–Crippen MR) is 55.2 cm³/mol. The lowest BCUT2D eigenvalue weighted by Crippen LogP contribution is -2.23. The fourth-order valence-electron chi connectivity index (χ4n) is 1.98. The van der Waals surface area contributed by atoms with Crippen molar-refractivity contribution in [3.8, 4) is 0 Å². The van der Waals surface area contributed by atoms with Crippen molar-refractivity contribution >= 4 is 11.3 Å². The summed E-state index contributed by atoms with van der Waals surface area (Å²) in [6.07, 6.45) is 0. The van der Waals surface area contributed by atoms with E-state index in [4.69, 9.17) is 9.84 Å². The molecule has 0 aliphatic carbocycles. The summed E-state index contributed by atoms with van der Waals surface area (Å²) in [7, 11) is 0. The predicted octanol–water partition coefficient (Wildman–Crippen LogP) is 2.14. The molecule has 0 atom stereocenters. The lowest BCUT2D eigenvalue weighted by molar-refractivity contribution is -0.105. The van der Waals surface area contributed by atoms with Gasteiger partial charge in [0.1, 0.15) is 10.6 Å². The third kappa shape index (κ3) is 1.29. The molecule has 1 aliphatic rings. The van der Waals surface area contributed by atoms with Crippen molar-refractivity contribution in [2.24, 2.45) is 0 Å². The number of nitrogens with zero attached hydrogens (tertiary/aromatic N) is 1. The zero-order valence-corrected chi connectivity index (χ0v) is 9.73. The van der Waals surface area contributed by atoms with Crippen LogP contribution in [0.5, 0.6) is 0 Å². The topological polar surface area (TPSA) is 42.4 Å². The van der Waals surface area contributed by atoms with Crippen LogP contribution >= 0.6 is 11.3 Å². The van der Waals surface area contributed by atoms with Crippen molar-refractivity contribution in [3.05, 3.63) is 15.6 Å². The smallest absolute Gasteiger partial charge is 0.119 e. The second-order valence-electron chi connectivity index (χ2n) is 4.57. The third-order valence-electron chi connectivity index (χ3n) is 2.43. The molecule has 0 saturated heterocycles. The molecule has 0 spiro atoms. The Balaban J connectivity index is 2.56. The van der Waals surface area contributed by atoms with Gasteiger partial charge >= 0.3 is 0 Å². The monoisotopic (exact) mass is 213 g/mol. The van der Waals surface area contributed by atoms with Crippen LogP contribution in [-0.2, 0) is 22.5 Å². The fraction of sp³-hybridized carbons (Fsp3) is 0.700. The maximum atomic E-state index is 9.04. The van der Waals surface area contributed by atoms with Gasteiger partial charge in [-0.3, -0.25) is 0 Å². The van der Waals surface area contributed by atoms with Gasteiger partial charge in [-0.15, -0.1) is 11.3 Å². The molecule has 2 heterocycles. The average molecular weight is 213 g/mol. The van der Waals surface area contributed by atoms with E-state index in [1.54, 1.807) is 11.3 Å². The quantitative estimate of drug-likeness (QED) is 0.777. The van der Waals surface area contributed by atoms with Crippen LogP contribution in [0, 0.1) is 0 Å². The Bertz CT molecular complexity index is 337. The highest BCUT2D eigenvalue weighted by Gasteiger charge is 2.46. The SMILES string of the molecule is CC1(C)OC(C)(C)c2sc(CO)nc21. The Labute approximate surface area is 87.7 Å². The van der Waals surface area contributed by atoms with Crippen LogP contribution in [-0.4, -0.2) is 10.1 Å². The lowest BCUT2D eigenvalue weighted by atomic mass is 10.0. The molecule has 0 bridgehead atoms. The molecule has 1 aromatic heterocycles. The fourth-order valence-corrected chi connectivity index (χ4v) is 3.09. The number of fused-ring (bicyclic) bond motifs is 1. The van der Waals surface area contributed by atoms with E-state index in [1.807, 2.05) is 27.7 Å². The van der Waals surface area contributed by atoms with Crippen LogP contribution < -0.4 is 0 Å². The molecule has 1 N–H and O–H groups in total. The summed E-state index contributed by atoms with van der Waals surface area (Å²) in [5, 5.41) is 9.82. The van der Waals surface area contributed by atoms with Crippen molar-refractivity contribution in [1.82, 2.24) is 4.98 Å². The number of hydrogen-bond donors (Lipinski definition) is 1.